The second-order valence-corrected chi connectivity index (χ2v) is 7.81. The molecule has 1 aliphatic rings. The highest BCUT2D eigenvalue weighted by atomic mass is 35.5. The standard InChI is InChI=1S/C22H26ClN3O2/c1-26(16-18-10-7-11-19(23)14-18)20(27)22(12-5-6-13-22)25-21(28)24-15-17-8-3-2-4-9-17/h2-4,7-11,14H,5-6,12-13,15-16H2,1H3,(H2,24,25,28). The molecule has 148 valence electrons. The number of urea groups is 1. The van der Waals surface area contributed by atoms with E-state index in [4.69, 9.17) is 11.6 Å². The maximum Gasteiger partial charge on any atom is 0.315 e. The van der Waals surface area contributed by atoms with Crippen molar-refractivity contribution in [2.45, 2.75) is 44.3 Å². The number of carbonyl (C=O) groups excluding carboxylic acids is 2. The summed E-state index contributed by atoms with van der Waals surface area (Å²) in [5.74, 6) is -0.0557. The summed E-state index contributed by atoms with van der Waals surface area (Å²) in [7, 11) is 1.77. The molecule has 2 aromatic rings. The smallest absolute Gasteiger partial charge is 0.315 e. The molecule has 0 heterocycles. The lowest BCUT2D eigenvalue weighted by atomic mass is 9.95. The van der Waals surface area contributed by atoms with Crippen LogP contribution < -0.4 is 10.6 Å². The van der Waals surface area contributed by atoms with Crippen molar-refractivity contribution in [3.63, 3.8) is 0 Å². The fourth-order valence-electron chi connectivity index (χ4n) is 3.76. The Labute approximate surface area is 171 Å². The number of hydrogen-bond acceptors (Lipinski definition) is 2. The molecule has 2 aromatic carbocycles. The molecule has 1 fully saturated rings. The Hall–Kier alpha value is -2.53. The molecule has 3 rings (SSSR count). The van der Waals surface area contributed by atoms with E-state index in [-0.39, 0.29) is 11.9 Å². The van der Waals surface area contributed by atoms with E-state index in [1.165, 1.54) is 0 Å². The van der Waals surface area contributed by atoms with Gasteiger partial charge in [0, 0.05) is 25.2 Å². The highest BCUT2D eigenvalue weighted by Crippen LogP contribution is 2.31. The lowest BCUT2D eigenvalue weighted by Gasteiger charge is -2.33. The summed E-state index contributed by atoms with van der Waals surface area (Å²) in [6, 6.07) is 16.9. The number of hydrogen-bond donors (Lipinski definition) is 2. The van der Waals surface area contributed by atoms with E-state index in [2.05, 4.69) is 10.6 Å². The molecule has 28 heavy (non-hydrogen) atoms. The normalized spacial score (nSPS) is 15.1. The van der Waals surface area contributed by atoms with Crippen LogP contribution in [0.5, 0.6) is 0 Å². The summed E-state index contributed by atoms with van der Waals surface area (Å²) < 4.78 is 0. The second-order valence-electron chi connectivity index (χ2n) is 7.37. The van der Waals surface area contributed by atoms with Crippen LogP contribution in [-0.2, 0) is 17.9 Å². The van der Waals surface area contributed by atoms with Gasteiger partial charge in [-0.05, 0) is 36.1 Å². The first-order valence-corrected chi connectivity index (χ1v) is 9.96. The lowest BCUT2D eigenvalue weighted by molar-refractivity contribution is -0.137. The van der Waals surface area contributed by atoms with Gasteiger partial charge in [0.15, 0.2) is 0 Å². The number of amides is 3. The topological polar surface area (TPSA) is 61.4 Å². The first-order valence-electron chi connectivity index (χ1n) is 9.58. The molecule has 3 amide bonds. The lowest BCUT2D eigenvalue weighted by Crippen LogP contribution is -2.59. The van der Waals surface area contributed by atoms with Gasteiger partial charge in [0.25, 0.3) is 0 Å². The van der Waals surface area contributed by atoms with Crippen LogP contribution in [0.4, 0.5) is 4.79 Å². The number of rotatable bonds is 6. The third-order valence-electron chi connectivity index (χ3n) is 5.17. The van der Waals surface area contributed by atoms with Crippen LogP contribution >= 0.6 is 11.6 Å². The third kappa shape index (κ3) is 5.04. The van der Waals surface area contributed by atoms with Gasteiger partial charge in [-0.1, -0.05) is 66.9 Å². The Kier molecular flexibility index (Phi) is 6.57. The number of benzene rings is 2. The molecule has 0 aromatic heterocycles. The van der Waals surface area contributed by atoms with Crippen molar-refractivity contribution in [2.75, 3.05) is 7.05 Å². The van der Waals surface area contributed by atoms with Crippen LogP contribution in [0.15, 0.2) is 54.6 Å². The van der Waals surface area contributed by atoms with E-state index in [1.807, 2.05) is 54.6 Å². The van der Waals surface area contributed by atoms with E-state index < -0.39 is 5.54 Å². The maximum absolute atomic E-state index is 13.2. The molecule has 0 unspecified atom stereocenters. The van der Waals surface area contributed by atoms with Crippen LogP contribution in [0.3, 0.4) is 0 Å². The number of halogens is 1. The van der Waals surface area contributed by atoms with Crippen molar-refractivity contribution in [1.29, 1.82) is 0 Å². The quantitative estimate of drug-likeness (QED) is 0.767. The Morgan fingerprint density at radius 1 is 1.04 bits per heavy atom. The van der Waals surface area contributed by atoms with E-state index in [0.717, 1.165) is 24.0 Å². The van der Waals surface area contributed by atoms with E-state index in [1.54, 1.807) is 11.9 Å². The molecule has 2 N–H and O–H groups in total. The molecule has 0 aliphatic heterocycles. The number of nitrogens with zero attached hydrogens (tertiary/aromatic N) is 1. The minimum absolute atomic E-state index is 0.0557. The summed E-state index contributed by atoms with van der Waals surface area (Å²) in [5.41, 5.74) is 1.14. The van der Waals surface area contributed by atoms with Gasteiger partial charge in [0.2, 0.25) is 5.91 Å². The number of likely N-dealkylation sites (N-methyl/N-ethyl adjacent to an activating group) is 1. The molecular formula is C22H26ClN3O2. The van der Waals surface area contributed by atoms with Crippen molar-refractivity contribution >= 4 is 23.5 Å². The molecule has 0 saturated heterocycles. The maximum atomic E-state index is 13.2. The third-order valence-corrected chi connectivity index (χ3v) is 5.41. The zero-order valence-corrected chi connectivity index (χ0v) is 16.8. The van der Waals surface area contributed by atoms with E-state index >= 15 is 0 Å². The monoisotopic (exact) mass is 399 g/mol. The van der Waals surface area contributed by atoms with Gasteiger partial charge in [-0.25, -0.2) is 4.79 Å². The van der Waals surface area contributed by atoms with Gasteiger partial charge in [-0.3, -0.25) is 4.79 Å². The van der Waals surface area contributed by atoms with Gasteiger partial charge in [-0.2, -0.15) is 0 Å². The van der Waals surface area contributed by atoms with Crippen LogP contribution in [0, 0.1) is 0 Å². The van der Waals surface area contributed by atoms with Gasteiger partial charge in [-0.15, -0.1) is 0 Å². The minimum atomic E-state index is -0.839. The highest BCUT2D eigenvalue weighted by Gasteiger charge is 2.44. The molecule has 0 bridgehead atoms. The zero-order valence-electron chi connectivity index (χ0n) is 16.1. The predicted octanol–water partition coefficient (Wildman–Crippen LogP) is 4.11. The summed E-state index contributed by atoms with van der Waals surface area (Å²) >= 11 is 6.05. The average Bonchev–Trinajstić information content (AvgIpc) is 3.16. The summed E-state index contributed by atoms with van der Waals surface area (Å²) in [6.45, 7) is 0.879. The molecule has 1 aliphatic carbocycles. The van der Waals surface area contributed by atoms with E-state index in [9.17, 15) is 9.59 Å². The molecule has 0 atom stereocenters. The van der Waals surface area contributed by atoms with Gasteiger partial charge >= 0.3 is 6.03 Å². The highest BCUT2D eigenvalue weighted by molar-refractivity contribution is 6.30. The van der Waals surface area contributed by atoms with Crippen LogP contribution in [0.1, 0.15) is 36.8 Å². The molecule has 1 saturated carbocycles. The average molecular weight is 400 g/mol. The molecule has 0 spiro atoms. The summed E-state index contributed by atoms with van der Waals surface area (Å²) in [6.07, 6.45) is 3.17. The van der Waals surface area contributed by atoms with E-state index in [0.29, 0.717) is 31.0 Å². The SMILES string of the molecule is CN(Cc1cccc(Cl)c1)C(=O)C1(NC(=O)NCc2ccccc2)CCCC1. The largest absolute Gasteiger partial charge is 0.339 e. The van der Waals surface area contributed by atoms with Crippen LogP contribution in [0.2, 0.25) is 5.02 Å². The van der Waals surface area contributed by atoms with Crippen molar-refractivity contribution in [3.05, 3.63) is 70.7 Å². The van der Waals surface area contributed by atoms with Gasteiger partial charge in [0.05, 0.1) is 0 Å². The van der Waals surface area contributed by atoms with Crippen LogP contribution in [-0.4, -0.2) is 29.4 Å². The fourth-order valence-corrected chi connectivity index (χ4v) is 3.97. The van der Waals surface area contributed by atoms with Gasteiger partial charge in [0.1, 0.15) is 5.54 Å². The van der Waals surface area contributed by atoms with Gasteiger partial charge < -0.3 is 15.5 Å². The summed E-state index contributed by atoms with van der Waals surface area (Å²) in [5, 5.41) is 6.48. The summed E-state index contributed by atoms with van der Waals surface area (Å²) in [4.78, 5) is 27.4. The van der Waals surface area contributed by atoms with Crippen molar-refractivity contribution in [3.8, 4) is 0 Å². The van der Waals surface area contributed by atoms with Crippen molar-refractivity contribution in [1.82, 2.24) is 15.5 Å². The zero-order chi connectivity index (χ0) is 20.0. The number of carbonyl (C=O) groups is 2. The van der Waals surface area contributed by atoms with Crippen molar-refractivity contribution < 1.29 is 9.59 Å². The Balaban J connectivity index is 1.63. The van der Waals surface area contributed by atoms with Crippen LogP contribution in [0.25, 0.3) is 0 Å². The Bertz CT molecular complexity index is 820. The first kappa shape index (κ1) is 20.2. The van der Waals surface area contributed by atoms with Crippen molar-refractivity contribution in [2.24, 2.45) is 0 Å². The Morgan fingerprint density at radius 2 is 1.71 bits per heavy atom. The molecule has 0 radical (unpaired) electrons. The Morgan fingerprint density at radius 3 is 2.39 bits per heavy atom. The molecule has 6 heteroatoms. The predicted molar refractivity (Wildman–Crippen MR) is 111 cm³/mol. The number of nitrogens with one attached hydrogen (secondary N) is 2. The molecule has 5 nitrogen and oxygen atoms in total. The second kappa shape index (κ2) is 9.11. The molecular weight excluding hydrogens is 374 g/mol. The minimum Gasteiger partial charge on any atom is -0.339 e. The first-order chi connectivity index (χ1) is 13.5. The fraction of sp³-hybridized carbons (Fsp3) is 0.364.